The van der Waals surface area contributed by atoms with Crippen LogP contribution in [0.15, 0.2) is 0 Å². The summed E-state index contributed by atoms with van der Waals surface area (Å²) in [7, 11) is 3.31. The molecule has 1 rings (SSSR count). The summed E-state index contributed by atoms with van der Waals surface area (Å²) >= 11 is 0. The summed E-state index contributed by atoms with van der Waals surface area (Å²) in [6, 6.07) is -0.258. The first-order valence-electron chi connectivity index (χ1n) is 5.72. The molecular formula is C12H21N3O2. The van der Waals surface area contributed by atoms with Crippen LogP contribution in [-0.2, 0) is 16.6 Å². The Morgan fingerprint density at radius 1 is 1.41 bits per heavy atom. The molecule has 17 heavy (non-hydrogen) atoms. The van der Waals surface area contributed by atoms with Crippen LogP contribution < -0.4 is 5.32 Å². The van der Waals surface area contributed by atoms with Gasteiger partial charge >= 0.3 is 5.97 Å². The molecular weight excluding hydrogens is 218 g/mol. The van der Waals surface area contributed by atoms with Gasteiger partial charge in [-0.3, -0.25) is 14.8 Å². The van der Waals surface area contributed by atoms with Crippen LogP contribution in [0.25, 0.3) is 0 Å². The van der Waals surface area contributed by atoms with E-state index >= 15 is 0 Å². The molecule has 1 aromatic heterocycles. The van der Waals surface area contributed by atoms with Crippen molar-refractivity contribution in [1.29, 1.82) is 0 Å². The topological polar surface area (TPSA) is 56.1 Å². The van der Waals surface area contributed by atoms with Crippen molar-refractivity contribution in [1.82, 2.24) is 15.1 Å². The minimum Gasteiger partial charge on any atom is -0.468 e. The zero-order chi connectivity index (χ0) is 13.2. The number of nitrogens with one attached hydrogen (secondary N) is 1. The molecule has 0 aliphatic rings. The Morgan fingerprint density at radius 3 is 2.41 bits per heavy atom. The lowest BCUT2D eigenvalue weighted by Crippen LogP contribution is -2.36. The van der Waals surface area contributed by atoms with E-state index in [1.807, 2.05) is 32.5 Å². The highest BCUT2D eigenvalue weighted by atomic mass is 16.5. The van der Waals surface area contributed by atoms with Gasteiger partial charge in [0.25, 0.3) is 0 Å². The normalized spacial score (nSPS) is 14.5. The number of carbonyl (C=O) groups excluding carboxylic acids is 1. The monoisotopic (exact) mass is 239 g/mol. The third kappa shape index (κ3) is 2.85. The average molecular weight is 239 g/mol. The molecule has 5 heteroatoms. The molecule has 0 saturated heterocycles. The number of hydrogen-bond acceptors (Lipinski definition) is 4. The predicted molar refractivity (Wildman–Crippen MR) is 65.7 cm³/mol. The van der Waals surface area contributed by atoms with Crippen molar-refractivity contribution < 1.29 is 9.53 Å². The molecule has 0 saturated carbocycles. The number of ether oxygens (including phenoxy) is 1. The summed E-state index contributed by atoms with van der Waals surface area (Å²) in [6.45, 7) is 7.82. The Bertz CT molecular complexity index is 412. The zero-order valence-corrected chi connectivity index (χ0v) is 11.4. The molecule has 2 atom stereocenters. The molecule has 0 aromatic carbocycles. The molecule has 0 aliphatic carbocycles. The molecule has 0 spiro atoms. The van der Waals surface area contributed by atoms with Crippen LogP contribution in [0.1, 0.15) is 36.8 Å². The van der Waals surface area contributed by atoms with Crippen LogP contribution in [-0.4, -0.2) is 28.9 Å². The Hall–Kier alpha value is -1.36. The number of esters is 1. The lowest BCUT2D eigenvalue weighted by molar-refractivity contribution is -0.142. The molecule has 0 amide bonds. The maximum Gasteiger partial charge on any atom is 0.322 e. The Morgan fingerprint density at radius 2 is 2.00 bits per heavy atom. The first-order valence-corrected chi connectivity index (χ1v) is 5.72. The number of rotatable bonds is 4. The third-order valence-corrected chi connectivity index (χ3v) is 3.05. The van der Waals surface area contributed by atoms with E-state index in [-0.39, 0.29) is 18.1 Å². The standard InChI is InChI=1S/C12H21N3O2/c1-7(13-9(3)12(16)17-6)11-8(2)14-15(5)10(11)4/h7,9,13H,1-6H3. The van der Waals surface area contributed by atoms with Crippen molar-refractivity contribution in [3.05, 3.63) is 17.0 Å². The van der Waals surface area contributed by atoms with Crippen LogP contribution in [0.5, 0.6) is 0 Å². The van der Waals surface area contributed by atoms with Gasteiger partial charge in [-0.2, -0.15) is 5.10 Å². The van der Waals surface area contributed by atoms with E-state index in [4.69, 9.17) is 4.74 Å². The molecule has 0 fully saturated rings. The molecule has 1 N–H and O–H groups in total. The number of nitrogens with zero attached hydrogens (tertiary/aromatic N) is 2. The second-order valence-corrected chi connectivity index (χ2v) is 4.34. The van der Waals surface area contributed by atoms with E-state index in [0.29, 0.717) is 0 Å². The fourth-order valence-corrected chi connectivity index (χ4v) is 2.12. The smallest absolute Gasteiger partial charge is 0.322 e. The van der Waals surface area contributed by atoms with Gasteiger partial charge in [0.05, 0.1) is 12.8 Å². The van der Waals surface area contributed by atoms with E-state index in [9.17, 15) is 4.79 Å². The molecule has 0 bridgehead atoms. The SMILES string of the molecule is COC(=O)C(C)NC(C)c1c(C)nn(C)c1C. The molecule has 2 unspecified atom stereocenters. The second kappa shape index (κ2) is 5.31. The van der Waals surface area contributed by atoms with E-state index < -0.39 is 0 Å². The molecule has 1 aromatic rings. The van der Waals surface area contributed by atoms with Gasteiger partial charge in [0.2, 0.25) is 0 Å². The molecule has 0 aliphatic heterocycles. The zero-order valence-electron chi connectivity index (χ0n) is 11.4. The van der Waals surface area contributed by atoms with Gasteiger partial charge in [0, 0.05) is 24.3 Å². The molecule has 96 valence electrons. The van der Waals surface area contributed by atoms with Gasteiger partial charge in [0.1, 0.15) is 6.04 Å². The lowest BCUT2D eigenvalue weighted by Gasteiger charge is -2.18. The van der Waals surface area contributed by atoms with Crippen LogP contribution in [0.3, 0.4) is 0 Å². The maximum absolute atomic E-state index is 11.3. The number of aryl methyl sites for hydroxylation is 2. The van der Waals surface area contributed by atoms with E-state index in [1.54, 1.807) is 6.92 Å². The van der Waals surface area contributed by atoms with E-state index in [1.165, 1.54) is 7.11 Å². The van der Waals surface area contributed by atoms with Gasteiger partial charge in [-0.15, -0.1) is 0 Å². The quantitative estimate of drug-likeness (QED) is 0.803. The first kappa shape index (κ1) is 13.7. The van der Waals surface area contributed by atoms with Gasteiger partial charge in [-0.25, -0.2) is 0 Å². The summed E-state index contributed by atoms with van der Waals surface area (Å²) in [4.78, 5) is 11.3. The third-order valence-electron chi connectivity index (χ3n) is 3.05. The van der Waals surface area contributed by atoms with Gasteiger partial charge in [-0.05, 0) is 27.7 Å². The van der Waals surface area contributed by atoms with Crippen LogP contribution in [0.4, 0.5) is 0 Å². The summed E-state index contributed by atoms with van der Waals surface area (Å²) in [5, 5.41) is 7.58. The van der Waals surface area contributed by atoms with E-state index in [2.05, 4.69) is 10.4 Å². The van der Waals surface area contributed by atoms with Crippen LogP contribution >= 0.6 is 0 Å². The van der Waals surface area contributed by atoms with Gasteiger partial charge in [0.15, 0.2) is 0 Å². The number of methoxy groups -OCH3 is 1. The first-order chi connectivity index (χ1) is 7.88. The number of aromatic nitrogens is 2. The van der Waals surface area contributed by atoms with Crippen molar-refractivity contribution in [2.45, 2.75) is 39.8 Å². The van der Waals surface area contributed by atoms with Crippen molar-refractivity contribution in [3.63, 3.8) is 0 Å². The summed E-state index contributed by atoms with van der Waals surface area (Å²) in [5.41, 5.74) is 3.24. The van der Waals surface area contributed by atoms with Crippen molar-refractivity contribution >= 4 is 5.97 Å². The highest BCUT2D eigenvalue weighted by Gasteiger charge is 2.21. The summed E-state index contributed by atoms with van der Waals surface area (Å²) in [6.07, 6.45) is 0. The molecule has 5 nitrogen and oxygen atoms in total. The Labute approximate surface area is 102 Å². The Kier molecular flexibility index (Phi) is 4.28. The van der Waals surface area contributed by atoms with Crippen molar-refractivity contribution in [2.24, 2.45) is 7.05 Å². The minimum atomic E-state index is -0.325. The number of carbonyl (C=O) groups is 1. The predicted octanol–water partition coefficient (Wildman–Crippen LogP) is 1.25. The summed E-state index contributed by atoms with van der Waals surface area (Å²) < 4.78 is 6.55. The largest absolute Gasteiger partial charge is 0.468 e. The maximum atomic E-state index is 11.3. The average Bonchev–Trinajstić information content (AvgIpc) is 2.51. The van der Waals surface area contributed by atoms with Crippen LogP contribution in [0.2, 0.25) is 0 Å². The van der Waals surface area contributed by atoms with E-state index in [0.717, 1.165) is 17.0 Å². The fraction of sp³-hybridized carbons (Fsp3) is 0.667. The van der Waals surface area contributed by atoms with Gasteiger partial charge < -0.3 is 4.74 Å². The van der Waals surface area contributed by atoms with Crippen LogP contribution in [0, 0.1) is 13.8 Å². The summed E-state index contributed by atoms with van der Waals surface area (Å²) in [5.74, 6) is -0.254. The van der Waals surface area contributed by atoms with Crippen molar-refractivity contribution in [2.75, 3.05) is 7.11 Å². The van der Waals surface area contributed by atoms with Gasteiger partial charge in [-0.1, -0.05) is 0 Å². The molecule has 0 radical (unpaired) electrons. The second-order valence-electron chi connectivity index (χ2n) is 4.34. The Balaban J connectivity index is 2.83. The highest BCUT2D eigenvalue weighted by Crippen LogP contribution is 2.21. The number of hydrogen-bond donors (Lipinski definition) is 1. The fourth-order valence-electron chi connectivity index (χ4n) is 2.12. The van der Waals surface area contributed by atoms with Crippen molar-refractivity contribution in [3.8, 4) is 0 Å². The highest BCUT2D eigenvalue weighted by molar-refractivity contribution is 5.75. The minimum absolute atomic E-state index is 0.0674. The lowest BCUT2D eigenvalue weighted by atomic mass is 10.1. The molecule has 1 heterocycles.